The first-order valence-electron chi connectivity index (χ1n) is 6.31. The Morgan fingerprint density at radius 1 is 1.53 bits per heavy atom. The SMILES string of the molecule is COc1ccc(Br)c(C(=O)NC[C@@H](C)CCCO)c1. The third-order valence-electron chi connectivity index (χ3n) is 2.88. The first kappa shape index (κ1) is 16.0. The van der Waals surface area contributed by atoms with Crippen molar-refractivity contribution < 1.29 is 14.6 Å². The molecular formula is C14H20BrNO3. The molecule has 0 bridgehead atoms. The zero-order valence-corrected chi connectivity index (χ0v) is 12.9. The van der Waals surface area contributed by atoms with Crippen LogP contribution in [0.2, 0.25) is 0 Å². The highest BCUT2D eigenvalue weighted by Gasteiger charge is 2.12. The second-order valence-corrected chi connectivity index (χ2v) is 5.38. The highest BCUT2D eigenvalue weighted by Crippen LogP contribution is 2.22. The minimum atomic E-state index is -0.123. The number of aliphatic hydroxyl groups is 1. The molecule has 5 heteroatoms. The van der Waals surface area contributed by atoms with Crippen molar-refractivity contribution in [2.75, 3.05) is 20.3 Å². The van der Waals surface area contributed by atoms with Crippen LogP contribution in [0, 0.1) is 5.92 Å². The topological polar surface area (TPSA) is 58.6 Å². The molecule has 0 aliphatic rings. The van der Waals surface area contributed by atoms with Crippen LogP contribution in [0.3, 0.4) is 0 Å². The molecule has 19 heavy (non-hydrogen) atoms. The molecule has 0 aliphatic heterocycles. The minimum absolute atomic E-state index is 0.123. The maximum atomic E-state index is 12.1. The monoisotopic (exact) mass is 329 g/mol. The molecule has 1 atom stereocenters. The van der Waals surface area contributed by atoms with Gasteiger partial charge in [0.25, 0.3) is 5.91 Å². The van der Waals surface area contributed by atoms with Gasteiger partial charge in [-0.3, -0.25) is 4.79 Å². The molecule has 0 fully saturated rings. The van der Waals surface area contributed by atoms with Gasteiger partial charge in [-0.2, -0.15) is 0 Å². The molecule has 0 aliphatic carbocycles. The van der Waals surface area contributed by atoms with E-state index in [1.54, 1.807) is 25.3 Å². The first-order chi connectivity index (χ1) is 9.08. The number of rotatable bonds is 7. The number of nitrogens with one attached hydrogen (secondary N) is 1. The summed E-state index contributed by atoms with van der Waals surface area (Å²) in [6.07, 6.45) is 1.66. The summed E-state index contributed by atoms with van der Waals surface area (Å²) in [5, 5.41) is 11.7. The van der Waals surface area contributed by atoms with Crippen LogP contribution in [-0.4, -0.2) is 31.3 Å². The zero-order valence-electron chi connectivity index (χ0n) is 11.3. The molecule has 106 valence electrons. The molecule has 0 unspecified atom stereocenters. The number of methoxy groups -OCH3 is 1. The lowest BCUT2D eigenvalue weighted by Gasteiger charge is -2.13. The summed E-state index contributed by atoms with van der Waals surface area (Å²) in [7, 11) is 1.57. The Balaban J connectivity index is 2.58. The quantitative estimate of drug-likeness (QED) is 0.808. The Morgan fingerprint density at radius 2 is 2.26 bits per heavy atom. The van der Waals surface area contributed by atoms with Crippen LogP contribution in [0.4, 0.5) is 0 Å². The maximum Gasteiger partial charge on any atom is 0.252 e. The third-order valence-corrected chi connectivity index (χ3v) is 3.58. The number of amides is 1. The van der Waals surface area contributed by atoms with Crippen molar-refractivity contribution in [3.8, 4) is 5.75 Å². The van der Waals surface area contributed by atoms with Gasteiger partial charge in [0, 0.05) is 17.6 Å². The van der Waals surface area contributed by atoms with E-state index in [0.717, 1.165) is 17.3 Å². The molecule has 0 saturated heterocycles. The zero-order chi connectivity index (χ0) is 14.3. The van der Waals surface area contributed by atoms with Gasteiger partial charge >= 0.3 is 0 Å². The van der Waals surface area contributed by atoms with Gasteiger partial charge in [0.05, 0.1) is 12.7 Å². The van der Waals surface area contributed by atoms with Gasteiger partial charge in [-0.1, -0.05) is 6.92 Å². The number of ether oxygens (including phenoxy) is 1. The molecule has 0 aromatic heterocycles. The lowest BCUT2D eigenvalue weighted by atomic mass is 10.1. The number of carbonyl (C=O) groups excluding carboxylic acids is 1. The minimum Gasteiger partial charge on any atom is -0.497 e. The van der Waals surface area contributed by atoms with Gasteiger partial charge in [-0.15, -0.1) is 0 Å². The highest BCUT2D eigenvalue weighted by molar-refractivity contribution is 9.10. The fraction of sp³-hybridized carbons (Fsp3) is 0.500. The average Bonchev–Trinajstić information content (AvgIpc) is 2.43. The van der Waals surface area contributed by atoms with Crippen molar-refractivity contribution >= 4 is 21.8 Å². The van der Waals surface area contributed by atoms with Crippen LogP contribution in [0.1, 0.15) is 30.1 Å². The molecule has 0 heterocycles. The fourth-order valence-electron chi connectivity index (χ4n) is 1.71. The summed E-state index contributed by atoms with van der Waals surface area (Å²) < 4.78 is 5.85. The van der Waals surface area contributed by atoms with E-state index in [0.29, 0.717) is 23.8 Å². The molecule has 2 N–H and O–H groups in total. The Kier molecular flexibility index (Phi) is 6.87. The van der Waals surface area contributed by atoms with E-state index < -0.39 is 0 Å². The summed E-state index contributed by atoms with van der Waals surface area (Å²) >= 11 is 3.36. The van der Waals surface area contributed by atoms with E-state index >= 15 is 0 Å². The maximum absolute atomic E-state index is 12.1. The number of benzene rings is 1. The molecule has 0 saturated carbocycles. The summed E-state index contributed by atoms with van der Waals surface area (Å²) in [5.74, 6) is 0.879. The van der Waals surface area contributed by atoms with Crippen molar-refractivity contribution in [3.05, 3.63) is 28.2 Å². The van der Waals surface area contributed by atoms with Crippen molar-refractivity contribution in [2.24, 2.45) is 5.92 Å². The molecule has 4 nitrogen and oxygen atoms in total. The summed E-state index contributed by atoms with van der Waals surface area (Å²) in [4.78, 5) is 12.1. The summed E-state index contributed by atoms with van der Waals surface area (Å²) in [5.41, 5.74) is 0.564. The predicted molar refractivity (Wildman–Crippen MR) is 78.5 cm³/mol. The Morgan fingerprint density at radius 3 is 2.89 bits per heavy atom. The van der Waals surface area contributed by atoms with Crippen molar-refractivity contribution in [2.45, 2.75) is 19.8 Å². The van der Waals surface area contributed by atoms with Crippen molar-refractivity contribution in [1.29, 1.82) is 0 Å². The predicted octanol–water partition coefficient (Wildman–Crippen LogP) is 2.60. The van der Waals surface area contributed by atoms with Crippen LogP contribution in [0.15, 0.2) is 22.7 Å². The molecule has 0 spiro atoms. The second kappa shape index (κ2) is 8.17. The summed E-state index contributed by atoms with van der Waals surface area (Å²) in [6, 6.07) is 5.30. The van der Waals surface area contributed by atoms with Crippen molar-refractivity contribution in [3.63, 3.8) is 0 Å². The van der Waals surface area contributed by atoms with Gasteiger partial charge in [0.2, 0.25) is 0 Å². The van der Waals surface area contributed by atoms with Gasteiger partial charge < -0.3 is 15.2 Å². The lowest BCUT2D eigenvalue weighted by Crippen LogP contribution is -2.28. The second-order valence-electron chi connectivity index (χ2n) is 4.53. The van der Waals surface area contributed by atoms with Gasteiger partial charge in [-0.25, -0.2) is 0 Å². The largest absolute Gasteiger partial charge is 0.497 e. The lowest BCUT2D eigenvalue weighted by molar-refractivity contribution is 0.0946. The van der Waals surface area contributed by atoms with Crippen LogP contribution < -0.4 is 10.1 Å². The number of hydrogen-bond acceptors (Lipinski definition) is 3. The van der Waals surface area contributed by atoms with E-state index in [1.807, 2.05) is 0 Å². The van der Waals surface area contributed by atoms with Gasteiger partial charge in [-0.05, 0) is 52.9 Å². The normalized spacial score (nSPS) is 12.0. The van der Waals surface area contributed by atoms with E-state index in [4.69, 9.17) is 9.84 Å². The first-order valence-corrected chi connectivity index (χ1v) is 7.10. The summed E-state index contributed by atoms with van der Waals surface area (Å²) in [6.45, 7) is 2.85. The third kappa shape index (κ3) is 5.20. The highest BCUT2D eigenvalue weighted by atomic mass is 79.9. The van der Waals surface area contributed by atoms with Crippen LogP contribution in [-0.2, 0) is 0 Å². The number of halogens is 1. The molecule has 1 aromatic carbocycles. The molecular weight excluding hydrogens is 310 g/mol. The molecule has 1 rings (SSSR count). The Bertz CT molecular complexity index is 423. The Hall–Kier alpha value is -1.07. The van der Waals surface area contributed by atoms with E-state index in [1.165, 1.54) is 0 Å². The Labute approximate surface area is 122 Å². The van der Waals surface area contributed by atoms with Gasteiger partial charge in [0.1, 0.15) is 5.75 Å². The van der Waals surface area contributed by atoms with E-state index in [-0.39, 0.29) is 12.5 Å². The number of hydrogen-bond donors (Lipinski definition) is 2. The number of aliphatic hydroxyl groups excluding tert-OH is 1. The molecule has 0 radical (unpaired) electrons. The number of carbonyl (C=O) groups is 1. The van der Waals surface area contributed by atoms with Crippen LogP contribution in [0.5, 0.6) is 5.75 Å². The van der Waals surface area contributed by atoms with E-state index in [2.05, 4.69) is 28.2 Å². The van der Waals surface area contributed by atoms with Crippen molar-refractivity contribution in [1.82, 2.24) is 5.32 Å². The average molecular weight is 330 g/mol. The standard InChI is InChI=1S/C14H20BrNO3/c1-10(4-3-7-17)9-16-14(18)12-8-11(19-2)5-6-13(12)15/h5-6,8,10,17H,3-4,7,9H2,1-2H3,(H,16,18)/t10-/m0/s1. The fourth-order valence-corrected chi connectivity index (χ4v) is 2.14. The molecule has 1 aromatic rings. The van der Waals surface area contributed by atoms with E-state index in [9.17, 15) is 4.79 Å². The van der Waals surface area contributed by atoms with Crippen LogP contribution >= 0.6 is 15.9 Å². The smallest absolute Gasteiger partial charge is 0.252 e. The van der Waals surface area contributed by atoms with Gasteiger partial charge in [0.15, 0.2) is 0 Å². The molecule has 1 amide bonds. The van der Waals surface area contributed by atoms with Crippen LogP contribution in [0.25, 0.3) is 0 Å².